The molecule has 1 aliphatic heterocycles. The smallest absolute Gasteiger partial charge is 0.410 e. The number of rotatable bonds is 4. The van der Waals surface area contributed by atoms with Gasteiger partial charge in [0.05, 0.1) is 36.0 Å². The maximum atomic E-state index is 12.7. The van der Waals surface area contributed by atoms with Crippen molar-refractivity contribution in [3.8, 4) is 0 Å². The number of ether oxygens (including phenoxy) is 1. The van der Waals surface area contributed by atoms with Gasteiger partial charge in [-0.25, -0.2) is 19.7 Å². The van der Waals surface area contributed by atoms with Crippen molar-refractivity contribution in [3.63, 3.8) is 0 Å². The zero-order valence-corrected chi connectivity index (χ0v) is 20.4. The fraction of sp³-hybridized carbons (Fsp3) is 0.478. The van der Waals surface area contributed by atoms with Gasteiger partial charge in [-0.1, -0.05) is 0 Å². The second kappa shape index (κ2) is 8.88. The first kappa shape index (κ1) is 23.4. The van der Waals surface area contributed by atoms with E-state index in [4.69, 9.17) is 4.74 Å². The van der Waals surface area contributed by atoms with E-state index < -0.39 is 11.5 Å². The van der Waals surface area contributed by atoms with Gasteiger partial charge >= 0.3 is 6.09 Å². The fourth-order valence-corrected chi connectivity index (χ4v) is 3.90. The van der Waals surface area contributed by atoms with Crippen LogP contribution in [0.15, 0.2) is 24.8 Å². The molecule has 1 atom stereocenters. The van der Waals surface area contributed by atoms with E-state index in [2.05, 4.69) is 25.3 Å². The molecule has 1 N–H and O–H groups in total. The summed E-state index contributed by atoms with van der Waals surface area (Å²) in [6.07, 6.45) is 7.06. The number of likely N-dealkylation sites (N-methyl/N-ethyl adjacent to an activating group) is 1. The zero-order valence-electron chi connectivity index (χ0n) is 20.4. The molecule has 180 valence electrons. The summed E-state index contributed by atoms with van der Waals surface area (Å²) in [4.78, 5) is 46.2. The highest BCUT2D eigenvalue weighted by Crippen LogP contribution is 2.22. The maximum absolute atomic E-state index is 12.7. The molecule has 3 aromatic rings. The third-order valence-corrected chi connectivity index (χ3v) is 5.55. The first-order valence-electron chi connectivity index (χ1n) is 11.2. The molecule has 4 rings (SSSR count). The second-order valence-corrected chi connectivity index (χ2v) is 9.52. The number of nitrogens with zero attached hydrogens (tertiary/aromatic N) is 7. The van der Waals surface area contributed by atoms with Crippen molar-refractivity contribution in [2.45, 2.75) is 52.7 Å². The van der Waals surface area contributed by atoms with Gasteiger partial charge in [0.25, 0.3) is 5.91 Å². The molecule has 11 heteroatoms. The first-order chi connectivity index (χ1) is 16.0. The number of carbonyl (C=O) groups excluding carboxylic acids is 2. The Bertz CT molecular complexity index is 1220. The van der Waals surface area contributed by atoms with Gasteiger partial charge in [0.2, 0.25) is 0 Å². The summed E-state index contributed by atoms with van der Waals surface area (Å²) in [6, 6.07) is 0.0104. The lowest BCUT2D eigenvalue weighted by atomic mass is 10.2. The van der Waals surface area contributed by atoms with Gasteiger partial charge in [-0.05, 0) is 41.0 Å². The summed E-state index contributed by atoms with van der Waals surface area (Å²) >= 11 is 0. The number of fused-ring (bicyclic) bond motifs is 1. The molecule has 1 aliphatic rings. The Hall–Kier alpha value is -3.76. The van der Waals surface area contributed by atoms with Crippen LogP contribution in [0, 0.1) is 13.8 Å². The quantitative estimate of drug-likeness (QED) is 0.624. The van der Waals surface area contributed by atoms with Gasteiger partial charge in [0, 0.05) is 26.3 Å². The van der Waals surface area contributed by atoms with Crippen LogP contribution in [0.1, 0.15) is 49.1 Å². The molecule has 0 aromatic carbocycles. The van der Waals surface area contributed by atoms with Gasteiger partial charge in [0.15, 0.2) is 11.5 Å². The third kappa shape index (κ3) is 5.08. The normalized spacial score (nSPS) is 16.1. The molecule has 11 nitrogen and oxygen atoms in total. The number of aryl methyl sites for hydroxylation is 2. The van der Waals surface area contributed by atoms with Gasteiger partial charge in [-0.15, -0.1) is 0 Å². The number of carbonyl (C=O) groups is 2. The summed E-state index contributed by atoms with van der Waals surface area (Å²) in [5, 5.41) is 2.76. The predicted octanol–water partition coefficient (Wildman–Crippen LogP) is 2.83. The third-order valence-electron chi connectivity index (χ3n) is 5.55. The number of amides is 2. The van der Waals surface area contributed by atoms with Crippen molar-refractivity contribution in [3.05, 3.63) is 41.9 Å². The Morgan fingerprint density at radius 3 is 2.59 bits per heavy atom. The molecule has 1 fully saturated rings. The lowest BCUT2D eigenvalue weighted by Gasteiger charge is -2.28. The van der Waals surface area contributed by atoms with Crippen LogP contribution in [0.4, 0.5) is 16.4 Å². The van der Waals surface area contributed by atoms with Crippen LogP contribution in [0.2, 0.25) is 0 Å². The first-order valence-corrected chi connectivity index (χ1v) is 11.2. The van der Waals surface area contributed by atoms with Crippen LogP contribution in [-0.4, -0.2) is 73.0 Å². The van der Waals surface area contributed by atoms with Crippen LogP contribution in [0.25, 0.3) is 5.65 Å². The lowest BCUT2D eigenvalue weighted by Crippen LogP contribution is -2.42. The van der Waals surface area contributed by atoms with Gasteiger partial charge < -0.3 is 24.3 Å². The van der Waals surface area contributed by atoms with Gasteiger partial charge in [-0.2, -0.15) is 0 Å². The van der Waals surface area contributed by atoms with E-state index in [1.165, 1.54) is 6.20 Å². The fourth-order valence-electron chi connectivity index (χ4n) is 3.90. The van der Waals surface area contributed by atoms with Crippen molar-refractivity contribution in [1.82, 2.24) is 29.2 Å². The topological polar surface area (TPSA) is 118 Å². The minimum absolute atomic E-state index is 0.0104. The van der Waals surface area contributed by atoms with Crippen molar-refractivity contribution in [1.29, 1.82) is 0 Å². The number of anilines is 2. The molecule has 34 heavy (non-hydrogen) atoms. The van der Waals surface area contributed by atoms with Gasteiger partial charge in [-0.3, -0.25) is 9.78 Å². The molecular formula is C23H30N8O3. The van der Waals surface area contributed by atoms with E-state index in [0.717, 1.165) is 24.4 Å². The second-order valence-electron chi connectivity index (χ2n) is 9.52. The minimum Gasteiger partial charge on any atom is -0.444 e. The number of hydrogen-bond donors (Lipinski definition) is 1. The Balaban J connectivity index is 1.38. The predicted molar refractivity (Wildman–Crippen MR) is 127 cm³/mol. The molecule has 0 bridgehead atoms. The van der Waals surface area contributed by atoms with Crippen molar-refractivity contribution in [2.24, 2.45) is 0 Å². The Morgan fingerprint density at radius 2 is 1.91 bits per heavy atom. The van der Waals surface area contributed by atoms with E-state index in [9.17, 15) is 9.59 Å². The maximum Gasteiger partial charge on any atom is 0.410 e. The number of aromatic nitrogens is 5. The van der Waals surface area contributed by atoms with Crippen LogP contribution in [0.5, 0.6) is 0 Å². The van der Waals surface area contributed by atoms with Crippen molar-refractivity contribution < 1.29 is 14.3 Å². The SMILES string of the molecule is Cc1cn2cc(NC(=O)c3cnc(N4CC[C@@H](N(C)C(=O)OC(C)(C)C)C4)cn3)nc2c(C)n1. The van der Waals surface area contributed by atoms with Gasteiger partial charge in [0.1, 0.15) is 17.1 Å². The van der Waals surface area contributed by atoms with Crippen molar-refractivity contribution >= 4 is 29.3 Å². The number of nitrogens with one attached hydrogen (secondary N) is 1. The number of hydrogen-bond acceptors (Lipinski definition) is 8. The molecule has 0 radical (unpaired) electrons. The number of imidazole rings is 1. The van der Waals surface area contributed by atoms with Crippen molar-refractivity contribution in [2.75, 3.05) is 30.4 Å². The van der Waals surface area contributed by atoms with E-state index in [1.54, 1.807) is 24.3 Å². The standard InChI is InChI=1S/C23H30N8O3/c1-14-11-31-13-18(27-20(31)15(2)26-14)28-21(32)17-9-25-19(10-24-17)30-8-7-16(12-30)29(6)22(33)34-23(3,4)5/h9-11,13,16H,7-8,12H2,1-6H3,(H,28,32)/t16-/m1/s1. The molecule has 4 heterocycles. The van der Waals surface area contributed by atoms with E-state index in [-0.39, 0.29) is 17.8 Å². The van der Waals surface area contributed by atoms with E-state index in [0.29, 0.717) is 23.8 Å². The molecule has 0 saturated carbocycles. The minimum atomic E-state index is -0.538. The Labute approximate surface area is 198 Å². The highest BCUT2D eigenvalue weighted by Gasteiger charge is 2.31. The highest BCUT2D eigenvalue weighted by atomic mass is 16.6. The van der Waals surface area contributed by atoms with Crippen LogP contribution < -0.4 is 10.2 Å². The van der Waals surface area contributed by atoms with Crippen LogP contribution in [-0.2, 0) is 4.74 Å². The molecule has 3 aromatic heterocycles. The summed E-state index contributed by atoms with van der Waals surface area (Å²) in [5.41, 5.74) is 1.98. The molecular weight excluding hydrogens is 436 g/mol. The molecule has 0 spiro atoms. The van der Waals surface area contributed by atoms with E-state index >= 15 is 0 Å². The summed E-state index contributed by atoms with van der Waals surface area (Å²) < 4.78 is 7.29. The summed E-state index contributed by atoms with van der Waals surface area (Å²) in [7, 11) is 1.75. The monoisotopic (exact) mass is 466 g/mol. The van der Waals surface area contributed by atoms with Crippen LogP contribution >= 0.6 is 0 Å². The average Bonchev–Trinajstić information content (AvgIpc) is 3.39. The average molecular weight is 467 g/mol. The Kier molecular flexibility index (Phi) is 6.11. The molecule has 2 amide bonds. The van der Waals surface area contributed by atoms with Crippen LogP contribution in [0.3, 0.4) is 0 Å². The highest BCUT2D eigenvalue weighted by molar-refractivity contribution is 6.02. The van der Waals surface area contributed by atoms with E-state index in [1.807, 2.05) is 50.1 Å². The molecule has 0 aliphatic carbocycles. The summed E-state index contributed by atoms with van der Waals surface area (Å²) in [5.74, 6) is 0.675. The Morgan fingerprint density at radius 1 is 1.15 bits per heavy atom. The molecule has 0 unspecified atom stereocenters. The molecule has 1 saturated heterocycles. The lowest BCUT2D eigenvalue weighted by molar-refractivity contribution is 0.0237. The largest absolute Gasteiger partial charge is 0.444 e. The zero-order chi connectivity index (χ0) is 24.6. The summed E-state index contributed by atoms with van der Waals surface area (Å²) in [6.45, 7) is 10.7.